The Morgan fingerprint density at radius 3 is 2.79 bits per heavy atom. The van der Waals surface area contributed by atoms with Crippen molar-refractivity contribution in [1.82, 2.24) is 0 Å². The van der Waals surface area contributed by atoms with Gasteiger partial charge in [0.05, 0.1) is 19.3 Å². The van der Waals surface area contributed by atoms with Crippen LogP contribution >= 0.6 is 0 Å². The summed E-state index contributed by atoms with van der Waals surface area (Å²) < 4.78 is 17.0. The summed E-state index contributed by atoms with van der Waals surface area (Å²) in [5.41, 5.74) is 7.22. The normalized spacial score (nSPS) is 27.4. The quantitative estimate of drug-likeness (QED) is 0.855. The minimum Gasteiger partial charge on any atom is -0.374 e. The highest BCUT2D eigenvalue weighted by molar-refractivity contribution is 5.13. The molecule has 1 fully saturated rings. The maximum Gasteiger partial charge on any atom is 0.158 e. The zero-order chi connectivity index (χ0) is 13.5. The molecule has 2 N–H and O–H groups in total. The first-order valence-corrected chi connectivity index (χ1v) is 6.94. The Bertz CT molecular complexity index is 358. The number of hydrogen-bond acceptors (Lipinski definition) is 4. The van der Waals surface area contributed by atoms with Gasteiger partial charge in [0.1, 0.15) is 0 Å². The molecular weight excluding hydrogens is 242 g/mol. The van der Waals surface area contributed by atoms with Crippen molar-refractivity contribution in [1.29, 1.82) is 0 Å². The third-order valence-corrected chi connectivity index (χ3v) is 3.29. The molecule has 0 amide bonds. The summed E-state index contributed by atoms with van der Waals surface area (Å²) in [4.78, 5) is 0. The maximum absolute atomic E-state index is 6.06. The van der Waals surface area contributed by atoms with E-state index < -0.39 is 0 Å². The first-order chi connectivity index (χ1) is 9.29. The van der Waals surface area contributed by atoms with Crippen LogP contribution in [-0.4, -0.2) is 31.6 Å². The first-order valence-electron chi connectivity index (χ1n) is 6.94. The smallest absolute Gasteiger partial charge is 0.158 e. The highest BCUT2D eigenvalue weighted by Gasteiger charge is 2.29. The third kappa shape index (κ3) is 4.58. The van der Waals surface area contributed by atoms with Gasteiger partial charge in [-0.3, -0.25) is 0 Å². The second-order valence-corrected chi connectivity index (χ2v) is 4.80. The molecule has 0 saturated carbocycles. The third-order valence-electron chi connectivity index (χ3n) is 3.29. The molecule has 1 saturated heterocycles. The van der Waals surface area contributed by atoms with Crippen LogP contribution in [0.3, 0.4) is 0 Å². The molecule has 0 unspecified atom stereocenters. The standard InChI is InChI=1S/C15H23NO3/c1-2-18-15-9-8-13(16)14(19-15)11-17-10-12-6-4-3-5-7-12/h3-7,13-15H,2,8-11,16H2,1H3/t13-,14-,15+/m1/s1. The van der Waals surface area contributed by atoms with E-state index in [2.05, 4.69) is 0 Å². The lowest BCUT2D eigenvalue weighted by molar-refractivity contribution is -0.208. The summed E-state index contributed by atoms with van der Waals surface area (Å²) in [5, 5.41) is 0. The largest absolute Gasteiger partial charge is 0.374 e. The van der Waals surface area contributed by atoms with Crippen LogP contribution in [0.2, 0.25) is 0 Å². The van der Waals surface area contributed by atoms with E-state index in [0.717, 1.165) is 18.4 Å². The highest BCUT2D eigenvalue weighted by atomic mass is 16.7. The Hall–Kier alpha value is -0.940. The minimum atomic E-state index is -0.130. The molecule has 106 valence electrons. The molecule has 0 bridgehead atoms. The van der Waals surface area contributed by atoms with Crippen LogP contribution in [0.4, 0.5) is 0 Å². The van der Waals surface area contributed by atoms with Gasteiger partial charge in [-0.15, -0.1) is 0 Å². The van der Waals surface area contributed by atoms with Gasteiger partial charge in [0.25, 0.3) is 0 Å². The number of rotatable bonds is 6. The van der Waals surface area contributed by atoms with Crippen molar-refractivity contribution in [2.75, 3.05) is 13.2 Å². The van der Waals surface area contributed by atoms with Crippen LogP contribution in [-0.2, 0) is 20.8 Å². The highest BCUT2D eigenvalue weighted by Crippen LogP contribution is 2.19. The second kappa shape index (κ2) is 7.60. The molecule has 0 aromatic heterocycles. The lowest BCUT2D eigenvalue weighted by Crippen LogP contribution is -2.47. The fraction of sp³-hybridized carbons (Fsp3) is 0.600. The average Bonchev–Trinajstić information content (AvgIpc) is 2.44. The van der Waals surface area contributed by atoms with E-state index in [4.69, 9.17) is 19.9 Å². The van der Waals surface area contributed by atoms with Crippen molar-refractivity contribution in [3.8, 4) is 0 Å². The van der Waals surface area contributed by atoms with E-state index in [1.54, 1.807) is 0 Å². The predicted octanol–water partition coefficient (Wildman–Crippen LogP) is 2.07. The molecule has 1 aromatic carbocycles. The Morgan fingerprint density at radius 2 is 2.05 bits per heavy atom. The van der Waals surface area contributed by atoms with E-state index >= 15 is 0 Å². The van der Waals surface area contributed by atoms with E-state index in [1.165, 1.54) is 0 Å². The Balaban J connectivity index is 1.74. The van der Waals surface area contributed by atoms with Gasteiger partial charge >= 0.3 is 0 Å². The van der Waals surface area contributed by atoms with Crippen molar-refractivity contribution in [3.05, 3.63) is 35.9 Å². The SMILES string of the molecule is CCO[C@@H]1CC[C@@H](N)[C@@H](COCc2ccccc2)O1. The molecule has 1 heterocycles. The van der Waals surface area contributed by atoms with Crippen LogP contribution in [0.15, 0.2) is 30.3 Å². The first kappa shape index (κ1) is 14.5. The van der Waals surface area contributed by atoms with Crippen molar-refractivity contribution in [2.24, 2.45) is 5.73 Å². The molecule has 19 heavy (non-hydrogen) atoms. The van der Waals surface area contributed by atoms with E-state index in [9.17, 15) is 0 Å². The Kier molecular flexibility index (Phi) is 5.79. The predicted molar refractivity (Wildman–Crippen MR) is 73.6 cm³/mol. The second-order valence-electron chi connectivity index (χ2n) is 4.80. The average molecular weight is 265 g/mol. The lowest BCUT2D eigenvalue weighted by atomic mass is 10.0. The Labute approximate surface area is 114 Å². The van der Waals surface area contributed by atoms with Crippen molar-refractivity contribution < 1.29 is 14.2 Å². The summed E-state index contributed by atoms with van der Waals surface area (Å²) in [5.74, 6) is 0. The van der Waals surface area contributed by atoms with Gasteiger partial charge in [-0.25, -0.2) is 0 Å². The van der Waals surface area contributed by atoms with Crippen LogP contribution in [0.1, 0.15) is 25.3 Å². The van der Waals surface area contributed by atoms with Crippen LogP contribution in [0, 0.1) is 0 Å². The van der Waals surface area contributed by atoms with Crippen LogP contribution < -0.4 is 5.73 Å². The van der Waals surface area contributed by atoms with Crippen molar-refractivity contribution >= 4 is 0 Å². The monoisotopic (exact) mass is 265 g/mol. The van der Waals surface area contributed by atoms with Crippen molar-refractivity contribution in [3.63, 3.8) is 0 Å². The summed E-state index contributed by atoms with van der Waals surface area (Å²) in [6, 6.07) is 10.1. The summed E-state index contributed by atoms with van der Waals surface area (Å²) in [6.45, 7) is 3.74. The molecular formula is C15H23NO3. The zero-order valence-electron chi connectivity index (χ0n) is 11.5. The van der Waals surface area contributed by atoms with Gasteiger partial charge in [-0.05, 0) is 25.3 Å². The molecule has 2 rings (SSSR count). The Morgan fingerprint density at radius 1 is 1.26 bits per heavy atom. The van der Waals surface area contributed by atoms with Gasteiger partial charge in [-0.2, -0.15) is 0 Å². The fourth-order valence-electron chi connectivity index (χ4n) is 2.22. The maximum atomic E-state index is 6.06. The molecule has 0 spiro atoms. The van der Waals surface area contributed by atoms with E-state index in [0.29, 0.717) is 19.8 Å². The van der Waals surface area contributed by atoms with E-state index in [-0.39, 0.29) is 18.4 Å². The topological polar surface area (TPSA) is 53.7 Å². The molecule has 1 aliphatic rings. The van der Waals surface area contributed by atoms with Crippen LogP contribution in [0.25, 0.3) is 0 Å². The molecule has 4 nitrogen and oxygen atoms in total. The molecule has 1 aromatic rings. The molecule has 3 atom stereocenters. The fourth-order valence-corrected chi connectivity index (χ4v) is 2.22. The molecule has 4 heteroatoms. The number of benzene rings is 1. The van der Waals surface area contributed by atoms with Crippen LogP contribution in [0.5, 0.6) is 0 Å². The summed E-state index contributed by atoms with van der Waals surface area (Å²) in [7, 11) is 0. The van der Waals surface area contributed by atoms with Gasteiger partial charge in [0, 0.05) is 12.6 Å². The number of nitrogens with two attached hydrogens (primary N) is 1. The number of ether oxygens (including phenoxy) is 3. The van der Waals surface area contributed by atoms with Gasteiger partial charge in [0.2, 0.25) is 0 Å². The summed E-state index contributed by atoms with van der Waals surface area (Å²) >= 11 is 0. The number of hydrogen-bond donors (Lipinski definition) is 1. The minimum absolute atomic E-state index is 0.0347. The lowest BCUT2D eigenvalue weighted by Gasteiger charge is -2.34. The van der Waals surface area contributed by atoms with Crippen molar-refractivity contribution in [2.45, 2.75) is 44.8 Å². The van der Waals surface area contributed by atoms with Gasteiger partial charge in [-0.1, -0.05) is 30.3 Å². The van der Waals surface area contributed by atoms with E-state index in [1.807, 2.05) is 37.3 Å². The molecule has 0 aliphatic carbocycles. The van der Waals surface area contributed by atoms with Gasteiger partial charge < -0.3 is 19.9 Å². The summed E-state index contributed by atoms with van der Waals surface area (Å²) in [6.07, 6.45) is 1.58. The molecule has 1 aliphatic heterocycles. The molecule has 0 radical (unpaired) electrons. The van der Waals surface area contributed by atoms with Gasteiger partial charge in [0.15, 0.2) is 6.29 Å². The zero-order valence-corrected chi connectivity index (χ0v) is 11.5.